The van der Waals surface area contributed by atoms with Crippen molar-refractivity contribution in [1.82, 2.24) is 5.32 Å². The third kappa shape index (κ3) is 3.25. The van der Waals surface area contributed by atoms with Crippen molar-refractivity contribution >= 4 is 11.9 Å². The third-order valence-electron chi connectivity index (χ3n) is 10.8. The molecule has 0 unspecified atom stereocenters. The molecule has 0 aromatic heterocycles. The summed E-state index contributed by atoms with van der Waals surface area (Å²) < 4.78 is 5.18. The van der Waals surface area contributed by atoms with Gasteiger partial charge >= 0.3 is 5.97 Å². The van der Waals surface area contributed by atoms with Crippen LogP contribution in [0.5, 0.6) is 0 Å². The van der Waals surface area contributed by atoms with Crippen LogP contribution in [0.15, 0.2) is 11.6 Å². The van der Waals surface area contributed by atoms with E-state index in [0.717, 1.165) is 44.1 Å². The molecular formula is C26H40N2O5. The van der Waals surface area contributed by atoms with Gasteiger partial charge in [-0.3, -0.25) is 4.79 Å². The molecule has 5 aliphatic rings. The van der Waals surface area contributed by atoms with Gasteiger partial charge in [-0.05, 0) is 93.0 Å². The fraction of sp³-hybridized carbons (Fsp3) is 0.846. The highest BCUT2D eigenvalue weighted by molar-refractivity contribution is 5.85. The van der Waals surface area contributed by atoms with Crippen LogP contribution in [0.3, 0.4) is 0 Å². The Balaban J connectivity index is 1.39. The highest BCUT2D eigenvalue weighted by Gasteiger charge is 2.70. The number of hydrogen-bond donors (Lipinski definition) is 4. The molecule has 1 amide bonds. The van der Waals surface area contributed by atoms with Crippen LogP contribution in [0.1, 0.15) is 72.1 Å². The summed E-state index contributed by atoms with van der Waals surface area (Å²) in [7, 11) is 0. The molecule has 0 bridgehead atoms. The van der Waals surface area contributed by atoms with Gasteiger partial charge in [-0.25, -0.2) is 4.79 Å². The number of carbonyl (C=O) groups is 2. The van der Waals surface area contributed by atoms with Gasteiger partial charge in [-0.2, -0.15) is 0 Å². The number of ether oxygens (including phenoxy) is 1. The topological polar surface area (TPSA) is 122 Å². The zero-order valence-electron chi connectivity index (χ0n) is 20.2. The maximum Gasteiger partial charge on any atom is 0.331 e. The van der Waals surface area contributed by atoms with Crippen molar-refractivity contribution in [1.29, 1.82) is 0 Å². The van der Waals surface area contributed by atoms with Gasteiger partial charge in [0, 0.05) is 17.5 Å². The van der Waals surface area contributed by atoms with Gasteiger partial charge in [0.2, 0.25) is 5.91 Å². The van der Waals surface area contributed by atoms with Crippen LogP contribution in [-0.2, 0) is 14.3 Å². The van der Waals surface area contributed by atoms with E-state index in [1.54, 1.807) is 13.0 Å². The highest BCUT2D eigenvalue weighted by Crippen LogP contribution is 2.69. The number of nitrogens with two attached hydrogens (primary N) is 1. The average molecular weight is 461 g/mol. The highest BCUT2D eigenvalue weighted by atomic mass is 16.5. The molecule has 33 heavy (non-hydrogen) atoms. The molecule has 10 atom stereocenters. The maximum absolute atomic E-state index is 12.3. The van der Waals surface area contributed by atoms with Gasteiger partial charge in [0.15, 0.2) is 0 Å². The minimum Gasteiger partial charge on any atom is -0.458 e. The van der Waals surface area contributed by atoms with Crippen molar-refractivity contribution in [2.75, 3.05) is 6.61 Å². The van der Waals surface area contributed by atoms with E-state index in [2.05, 4.69) is 12.2 Å². The number of aliphatic hydroxyl groups is 2. The molecule has 1 aliphatic heterocycles. The largest absolute Gasteiger partial charge is 0.458 e. The van der Waals surface area contributed by atoms with E-state index >= 15 is 0 Å². The van der Waals surface area contributed by atoms with Crippen molar-refractivity contribution in [3.05, 3.63) is 11.6 Å². The minimum atomic E-state index is -0.944. The van der Waals surface area contributed by atoms with E-state index in [0.29, 0.717) is 18.8 Å². The second-order valence-electron chi connectivity index (χ2n) is 12.1. The van der Waals surface area contributed by atoms with Crippen LogP contribution in [-0.4, -0.2) is 52.5 Å². The molecule has 184 valence electrons. The number of hydrogen-bond acceptors (Lipinski definition) is 6. The van der Waals surface area contributed by atoms with Gasteiger partial charge in [0.25, 0.3) is 0 Å². The number of nitrogens with one attached hydrogen (secondary N) is 1. The van der Waals surface area contributed by atoms with Gasteiger partial charge in [-0.15, -0.1) is 0 Å². The Morgan fingerprint density at radius 3 is 2.61 bits per heavy atom. The lowest BCUT2D eigenvalue weighted by Crippen LogP contribution is -2.67. The van der Waals surface area contributed by atoms with Crippen LogP contribution in [0, 0.1) is 34.5 Å². The number of cyclic esters (lactones) is 1. The summed E-state index contributed by atoms with van der Waals surface area (Å²) in [6, 6.07) is -0.344. The molecule has 7 heteroatoms. The summed E-state index contributed by atoms with van der Waals surface area (Å²) in [5.74, 6) is 0.435. The zero-order chi connectivity index (χ0) is 23.8. The van der Waals surface area contributed by atoms with Crippen molar-refractivity contribution in [2.45, 2.75) is 95.9 Å². The van der Waals surface area contributed by atoms with E-state index in [-0.39, 0.29) is 47.7 Å². The summed E-state index contributed by atoms with van der Waals surface area (Å²) in [6.07, 6.45) is 7.90. The molecule has 4 aliphatic carbocycles. The minimum absolute atomic E-state index is 0.0281. The Labute approximate surface area is 196 Å². The Morgan fingerprint density at radius 2 is 1.94 bits per heavy atom. The predicted octanol–water partition coefficient (Wildman–Crippen LogP) is 2.05. The summed E-state index contributed by atoms with van der Waals surface area (Å²) in [5.41, 5.74) is 5.12. The molecule has 0 aromatic carbocycles. The second kappa shape index (κ2) is 7.79. The first-order valence-electron chi connectivity index (χ1n) is 12.8. The summed E-state index contributed by atoms with van der Waals surface area (Å²) >= 11 is 0. The standard InChI is InChI=1S/C26H40N2O5/c1-14(27)23(31)28-17-6-8-24(2)16(11-17)4-5-19-20(24)12-21(29)25(3)18(7-9-26(19,25)32)15-10-22(30)33-13-15/h10,14,16-21,29,32H,4-9,11-13,27H2,1-3H3,(H,28,31)/t14-,16-,17+,18-,19-,20+,21-,24+,25+,26+/m1/s1. The summed E-state index contributed by atoms with van der Waals surface area (Å²) in [6.45, 7) is 6.40. The van der Waals surface area contributed by atoms with Crippen molar-refractivity contribution in [2.24, 2.45) is 40.2 Å². The van der Waals surface area contributed by atoms with Gasteiger partial charge in [-0.1, -0.05) is 13.8 Å². The molecular weight excluding hydrogens is 420 g/mol. The fourth-order valence-electron chi connectivity index (χ4n) is 8.85. The van der Waals surface area contributed by atoms with E-state index < -0.39 is 23.2 Å². The Bertz CT molecular complexity index is 873. The molecule has 5 N–H and O–H groups in total. The summed E-state index contributed by atoms with van der Waals surface area (Å²) in [5, 5.41) is 27.0. The Morgan fingerprint density at radius 1 is 1.18 bits per heavy atom. The molecule has 4 saturated carbocycles. The molecule has 5 rings (SSSR count). The first-order valence-corrected chi connectivity index (χ1v) is 12.8. The smallest absolute Gasteiger partial charge is 0.331 e. The third-order valence-corrected chi connectivity index (χ3v) is 10.8. The molecule has 4 fully saturated rings. The quantitative estimate of drug-likeness (QED) is 0.478. The molecule has 0 radical (unpaired) electrons. The molecule has 7 nitrogen and oxygen atoms in total. The first kappa shape index (κ1) is 23.3. The first-order chi connectivity index (χ1) is 15.5. The van der Waals surface area contributed by atoms with Crippen molar-refractivity contribution in [3.63, 3.8) is 0 Å². The monoisotopic (exact) mass is 460 g/mol. The SMILES string of the molecule is C[C@@H](N)C(=O)N[C@H]1CC[C@@]2(C)[C@H](CC[C@@H]3[C@@H]2C[C@@H](O)[C@]2(C)[C@@H](C4=CC(=O)OC4)CC[C@]32O)C1. The van der Waals surface area contributed by atoms with E-state index in [1.165, 1.54) is 0 Å². The maximum atomic E-state index is 12.3. The fourth-order valence-corrected chi connectivity index (χ4v) is 8.85. The number of rotatable bonds is 3. The molecule has 0 aromatic rings. The summed E-state index contributed by atoms with van der Waals surface area (Å²) in [4.78, 5) is 23.9. The number of fused-ring (bicyclic) bond motifs is 5. The lowest BCUT2D eigenvalue weighted by atomic mass is 9.42. The Kier molecular flexibility index (Phi) is 5.50. The molecule has 0 saturated heterocycles. The van der Waals surface area contributed by atoms with Gasteiger partial charge < -0.3 is 26.0 Å². The van der Waals surface area contributed by atoms with Crippen LogP contribution >= 0.6 is 0 Å². The second-order valence-corrected chi connectivity index (χ2v) is 12.1. The number of aliphatic hydroxyl groups excluding tert-OH is 1. The van der Waals surface area contributed by atoms with Crippen LogP contribution < -0.4 is 11.1 Å². The number of amides is 1. The van der Waals surface area contributed by atoms with E-state index in [1.807, 2.05) is 6.92 Å². The van der Waals surface area contributed by atoms with Crippen LogP contribution in [0.25, 0.3) is 0 Å². The van der Waals surface area contributed by atoms with Crippen LogP contribution in [0.4, 0.5) is 0 Å². The molecule has 0 spiro atoms. The van der Waals surface area contributed by atoms with Crippen LogP contribution in [0.2, 0.25) is 0 Å². The van der Waals surface area contributed by atoms with Gasteiger partial charge in [0.1, 0.15) is 6.61 Å². The van der Waals surface area contributed by atoms with Gasteiger partial charge in [0.05, 0.1) is 17.7 Å². The van der Waals surface area contributed by atoms with Crippen molar-refractivity contribution in [3.8, 4) is 0 Å². The van der Waals surface area contributed by atoms with E-state index in [4.69, 9.17) is 10.5 Å². The zero-order valence-corrected chi connectivity index (χ0v) is 20.2. The van der Waals surface area contributed by atoms with Crippen molar-refractivity contribution < 1.29 is 24.5 Å². The predicted molar refractivity (Wildman–Crippen MR) is 123 cm³/mol. The number of esters is 1. The normalized spacial score (nSPS) is 49.9. The average Bonchev–Trinajstić information content (AvgIpc) is 3.30. The van der Waals surface area contributed by atoms with E-state index in [9.17, 15) is 19.8 Å². The Hall–Kier alpha value is -1.44. The lowest BCUT2D eigenvalue weighted by Gasteiger charge is -2.65. The molecule has 1 heterocycles. The lowest BCUT2D eigenvalue weighted by molar-refractivity contribution is -0.243. The number of carbonyl (C=O) groups excluding carboxylic acids is 2.